The minimum Gasteiger partial charge on any atom is -0.461 e. The Hall–Kier alpha value is -2.66. The van der Waals surface area contributed by atoms with E-state index in [0.29, 0.717) is 17.8 Å². The first-order chi connectivity index (χ1) is 11.6. The topological polar surface area (TPSA) is 55.6 Å². The van der Waals surface area contributed by atoms with E-state index < -0.39 is 0 Å². The van der Waals surface area contributed by atoms with Crippen molar-refractivity contribution in [2.45, 2.75) is 13.0 Å². The molecule has 0 fully saturated rings. The van der Waals surface area contributed by atoms with Crippen LogP contribution in [0.4, 0.5) is 0 Å². The number of carbonyl (C=O) groups is 1. The summed E-state index contributed by atoms with van der Waals surface area (Å²) in [7, 11) is 3.38. The van der Waals surface area contributed by atoms with Gasteiger partial charge in [-0.2, -0.15) is 0 Å². The molecule has 0 unspecified atom stereocenters. The molecule has 1 atom stereocenters. The zero-order valence-corrected chi connectivity index (χ0v) is 14.0. The average Bonchev–Trinajstić information content (AvgIpc) is 2.99. The van der Waals surface area contributed by atoms with Gasteiger partial charge in [-0.15, -0.1) is 0 Å². The Bertz CT molecular complexity index is 842. The van der Waals surface area contributed by atoms with Crippen LogP contribution in [0.2, 0.25) is 0 Å². The summed E-state index contributed by atoms with van der Waals surface area (Å²) in [6, 6.07) is 12.9. The van der Waals surface area contributed by atoms with Crippen LogP contribution in [0.15, 0.2) is 53.1 Å². The molecule has 24 heavy (non-hydrogen) atoms. The lowest BCUT2D eigenvalue weighted by Gasteiger charge is -2.27. The van der Waals surface area contributed by atoms with Gasteiger partial charge in [-0.25, -0.2) is 0 Å². The fourth-order valence-corrected chi connectivity index (χ4v) is 2.82. The molecule has 3 rings (SSSR count). The molecule has 0 aliphatic heterocycles. The number of ether oxygens (including phenoxy) is 1. The number of pyridine rings is 1. The Morgan fingerprint density at radius 1 is 1.29 bits per heavy atom. The molecule has 0 aliphatic carbocycles. The minimum atomic E-state index is -0.269. The van der Waals surface area contributed by atoms with Crippen LogP contribution in [0.5, 0.6) is 0 Å². The van der Waals surface area contributed by atoms with Gasteiger partial charge in [0.05, 0.1) is 23.9 Å². The Kier molecular flexibility index (Phi) is 4.62. The number of aromatic nitrogens is 1. The molecule has 1 aromatic carbocycles. The molecule has 0 N–H and O–H groups in total. The summed E-state index contributed by atoms with van der Waals surface area (Å²) in [6.45, 7) is 2.24. The van der Waals surface area contributed by atoms with Crippen LogP contribution in [-0.4, -0.2) is 36.6 Å². The van der Waals surface area contributed by atoms with Gasteiger partial charge < -0.3 is 14.1 Å². The predicted molar refractivity (Wildman–Crippen MR) is 91.9 cm³/mol. The quantitative estimate of drug-likeness (QED) is 0.719. The highest BCUT2D eigenvalue weighted by molar-refractivity contribution is 6.05. The standard InChI is InChI=1S/C19H20N2O3/c1-13-11-14-7-6-8-15(18(14)24-13)19(22)21(2)17(12-23-3)16-9-4-5-10-20-16/h4-11,17H,12H2,1-3H3/t17-/m0/s1. The third kappa shape index (κ3) is 3.03. The Balaban J connectivity index is 1.97. The van der Waals surface area contributed by atoms with Gasteiger partial charge in [0.1, 0.15) is 11.3 Å². The summed E-state index contributed by atoms with van der Waals surface area (Å²) in [4.78, 5) is 19.1. The van der Waals surface area contributed by atoms with Crippen LogP contribution >= 0.6 is 0 Å². The Morgan fingerprint density at radius 3 is 2.83 bits per heavy atom. The number of benzene rings is 1. The van der Waals surface area contributed by atoms with E-state index in [2.05, 4.69) is 4.98 Å². The van der Waals surface area contributed by atoms with Crippen LogP contribution < -0.4 is 0 Å². The van der Waals surface area contributed by atoms with Gasteiger partial charge in [-0.1, -0.05) is 18.2 Å². The number of furan rings is 1. The monoisotopic (exact) mass is 324 g/mol. The number of para-hydroxylation sites is 1. The highest BCUT2D eigenvalue weighted by Gasteiger charge is 2.25. The van der Waals surface area contributed by atoms with Crippen molar-refractivity contribution in [3.05, 3.63) is 65.7 Å². The largest absolute Gasteiger partial charge is 0.461 e. The maximum absolute atomic E-state index is 13.0. The van der Waals surface area contributed by atoms with Crippen LogP contribution in [0.25, 0.3) is 11.0 Å². The van der Waals surface area contributed by atoms with Crippen molar-refractivity contribution in [1.29, 1.82) is 0 Å². The fraction of sp³-hybridized carbons (Fsp3) is 0.263. The Labute approximate surface area is 140 Å². The van der Waals surface area contributed by atoms with E-state index in [1.54, 1.807) is 31.3 Å². The highest BCUT2D eigenvalue weighted by Crippen LogP contribution is 2.26. The number of likely N-dealkylation sites (N-methyl/N-ethyl adjacent to an activating group) is 1. The summed E-state index contributed by atoms with van der Waals surface area (Å²) < 4.78 is 11.0. The van der Waals surface area contributed by atoms with Crippen molar-refractivity contribution in [3.63, 3.8) is 0 Å². The molecule has 2 aromatic heterocycles. The first-order valence-corrected chi connectivity index (χ1v) is 7.78. The van der Waals surface area contributed by atoms with Gasteiger partial charge in [0.25, 0.3) is 5.91 Å². The van der Waals surface area contributed by atoms with Crippen LogP contribution in [0.3, 0.4) is 0 Å². The molecule has 2 heterocycles. The molecule has 3 aromatic rings. The zero-order chi connectivity index (χ0) is 17.1. The number of hydrogen-bond donors (Lipinski definition) is 0. The van der Waals surface area contributed by atoms with Crippen molar-refractivity contribution >= 4 is 16.9 Å². The first-order valence-electron chi connectivity index (χ1n) is 7.78. The summed E-state index contributed by atoms with van der Waals surface area (Å²) in [5.41, 5.74) is 1.95. The molecule has 1 amide bonds. The minimum absolute atomic E-state index is 0.123. The lowest BCUT2D eigenvalue weighted by Crippen LogP contribution is -2.34. The smallest absolute Gasteiger partial charge is 0.258 e. The second-order valence-corrected chi connectivity index (χ2v) is 5.72. The fourth-order valence-electron chi connectivity index (χ4n) is 2.82. The predicted octanol–water partition coefficient (Wildman–Crippen LogP) is 3.60. The number of amides is 1. The number of carbonyl (C=O) groups excluding carboxylic acids is 1. The molecule has 0 aliphatic rings. The SMILES string of the molecule is COC[C@@H](c1ccccn1)N(C)C(=O)c1cccc2cc(C)oc12. The van der Waals surface area contributed by atoms with Crippen LogP contribution in [0.1, 0.15) is 27.9 Å². The molecule has 124 valence electrons. The summed E-state index contributed by atoms with van der Waals surface area (Å²) in [5, 5.41) is 0.924. The number of nitrogens with zero attached hydrogens (tertiary/aromatic N) is 2. The van der Waals surface area contributed by atoms with Crippen molar-refractivity contribution < 1.29 is 13.9 Å². The molecule has 0 radical (unpaired) electrons. The molecular weight excluding hydrogens is 304 g/mol. The summed E-state index contributed by atoms with van der Waals surface area (Å²) >= 11 is 0. The normalized spacial score (nSPS) is 12.3. The van der Waals surface area contributed by atoms with E-state index in [9.17, 15) is 4.79 Å². The van der Waals surface area contributed by atoms with Crippen LogP contribution in [-0.2, 0) is 4.74 Å². The molecule has 0 saturated carbocycles. The van der Waals surface area contributed by atoms with Crippen molar-refractivity contribution in [2.24, 2.45) is 0 Å². The summed E-state index contributed by atoms with van der Waals surface area (Å²) in [6.07, 6.45) is 1.72. The average molecular weight is 324 g/mol. The van der Waals surface area contributed by atoms with Crippen molar-refractivity contribution in [3.8, 4) is 0 Å². The summed E-state index contributed by atoms with van der Waals surface area (Å²) in [5.74, 6) is 0.661. The maximum Gasteiger partial charge on any atom is 0.258 e. The molecule has 5 heteroatoms. The maximum atomic E-state index is 13.0. The third-order valence-electron chi connectivity index (χ3n) is 4.04. The third-order valence-corrected chi connectivity index (χ3v) is 4.04. The van der Waals surface area contributed by atoms with Crippen molar-refractivity contribution in [1.82, 2.24) is 9.88 Å². The molecule has 0 saturated heterocycles. The Morgan fingerprint density at radius 2 is 2.12 bits per heavy atom. The van der Waals surface area contributed by atoms with E-state index in [0.717, 1.165) is 16.8 Å². The number of hydrogen-bond acceptors (Lipinski definition) is 4. The first kappa shape index (κ1) is 16.2. The number of aryl methyl sites for hydroxylation is 1. The van der Waals surface area contributed by atoms with E-state index in [1.807, 2.05) is 43.3 Å². The second kappa shape index (κ2) is 6.84. The number of rotatable bonds is 5. The lowest BCUT2D eigenvalue weighted by molar-refractivity contribution is 0.0596. The van der Waals surface area contributed by atoms with Gasteiger partial charge in [0, 0.05) is 25.7 Å². The molecule has 0 spiro atoms. The second-order valence-electron chi connectivity index (χ2n) is 5.72. The number of fused-ring (bicyclic) bond motifs is 1. The van der Waals surface area contributed by atoms with Crippen molar-refractivity contribution in [2.75, 3.05) is 20.8 Å². The van der Waals surface area contributed by atoms with Gasteiger partial charge >= 0.3 is 0 Å². The zero-order valence-electron chi connectivity index (χ0n) is 14.0. The highest BCUT2D eigenvalue weighted by atomic mass is 16.5. The van der Waals surface area contributed by atoms with E-state index >= 15 is 0 Å². The lowest BCUT2D eigenvalue weighted by atomic mass is 10.1. The van der Waals surface area contributed by atoms with E-state index in [1.165, 1.54) is 0 Å². The molecule has 5 nitrogen and oxygen atoms in total. The van der Waals surface area contributed by atoms with Gasteiger partial charge in [-0.05, 0) is 31.2 Å². The van der Waals surface area contributed by atoms with Crippen LogP contribution in [0, 0.1) is 6.92 Å². The van der Waals surface area contributed by atoms with Gasteiger partial charge in [-0.3, -0.25) is 9.78 Å². The van der Waals surface area contributed by atoms with Gasteiger partial charge in [0.2, 0.25) is 0 Å². The molecular formula is C19H20N2O3. The van der Waals surface area contributed by atoms with E-state index in [-0.39, 0.29) is 11.9 Å². The van der Waals surface area contributed by atoms with Gasteiger partial charge in [0.15, 0.2) is 0 Å². The molecule has 0 bridgehead atoms. The number of methoxy groups -OCH3 is 1. The van der Waals surface area contributed by atoms with E-state index in [4.69, 9.17) is 9.15 Å².